The molecule has 7 heteroatoms. The van der Waals surface area contributed by atoms with Gasteiger partial charge in [0.1, 0.15) is 5.82 Å². The number of carbonyl (C=O) groups is 2. The fourth-order valence-corrected chi connectivity index (χ4v) is 3.16. The average molecular weight is 378 g/mol. The van der Waals surface area contributed by atoms with Crippen LogP contribution in [0, 0.1) is 18.7 Å². The van der Waals surface area contributed by atoms with Crippen LogP contribution in [-0.4, -0.2) is 23.6 Å². The van der Waals surface area contributed by atoms with E-state index in [9.17, 15) is 19.1 Å². The fourth-order valence-electron chi connectivity index (χ4n) is 3.04. The van der Waals surface area contributed by atoms with Crippen molar-refractivity contribution in [2.45, 2.75) is 19.4 Å². The number of carbonyl (C=O) groups excluding carboxylic acids is 1. The summed E-state index contributed by atoms with van der Waals surface area (Å²) in [5, 5.41) is 11.9. The van der Waals surface area contributed by atoms with Crippen molar-refractivity contribution in [2.75, 3.05) is 11.9 Å². The molecule has 0 saturated carbocycles. The number of nitrogens with one attached hydrogen (secondary N) is 1. The van der Waals surface area contributed by atoms with Gasteiger partial charge in [-0.25, -0.2) is 9.18 Å². The van der Waals surface area contributed by atoms with E-state index in [0.717, 1.165) is 0 Å². The number of aromatic carboxylic acids is 1. The Bertz CT molecular complexity index is 871. The van der Waals surface area contributed by atoms with Gasteiger partial charge in [0.2, 0.25) is 5.91 Å². The van der Waals surface area contributed by atoms with Gasteiger partial charge in [-0.1, -0.05) is 23.7 Å². The minimum atomic E-state index is -1.06. The molecule has 2 N–H and O–H groups in total. The average Bonchev–Trinajstić information content (AvgIpc) is 3.08. The van der Waals surface area contributed by atoms with Crippen LogP contribution in [0.1, 0.15) is 34.0 Å². The lowest BCUT2D eigenvalue weighted by Gasteiger charge is -2.19. The molecule has 0 radical (unpaired) electrons. The minimum Gasteiger partial charge on any atom is -0.478 e. The molecule has 1 saturated heterocycles. The van der Waals surface area contributed by atoms with Crippen LogP contribution < -0.4 is 5.32 Å². The number of carboxylic acids is 1. The molecule has 1 aliphatic heterocycles. The molecular formula is C19H17ClFNO4. The number of ether oxygens (including phenoxy) is 1. The van der Waals surface area contributed by atoms with E-state index in [4.69, 9.17) is 16.3 Å². The Hall–Kier alpha value is -2.44. The summed E-state index contributed by atoms with van der Waals surface area (Å²) in [6.07, 6.45) is -0.0931. The SMILES string of the molecule is Cc1ccc(NC(=O)[C@@H]2CCO[C@H]2c2ccc(Cl)c(F)c2)cc1C(=O)O. The van der Waals surface area contributed by atoms with E-state index < -0.39 is 23.8 Å². The minimum absolute atomic E-state index is 0.00797. The lowest BCUT2D eigenvalue weighted by atomic mass is 9.94. The summed E-state index contributed by atoms with van der Waals surface area (Å²) < 4.78 is 19.3. The van der Waals surface area contributed by atoms with Crippen molar-refractivity contribution in [3.05, 3.63) is 63.9 Å². The van der Waals surface area contributed by atoms with Crippen molar-refractivity contribution in [1.29, 1.82) is 0 Å². The molecule has 26 heavy (non-hydrogen) atoms. The number of rotatable bonds is 4. The number of carboxylic acid groups (broad SMARTS) is 1. The maximum atomic E-state index is 13.7. The monoisotopic (exact) mass is 377 g/mol. The molecule has 1 heterocycles. The van der Waals surface area contributed by atoms with Gasteiger partial charge in [-0.05, 0) is 48.7 Å². The predicted molar refractivity (Wildman–Crippen MR) is 95.0 cm³/mol. The Morgan fingerprint density at radius 1 is 1.27 bits per heavy atom. The molecule has 0 unspecified atom stereocenters. The molecule has 1 amide bonds. The van der Waals surface area contributed by atoms with Crippen LogP contribution in [-0.2, 0) is 9.53 Å². The summed E-state index contributed by atoms with van der Waals surface area (Å²) in [7, 11) is 0. The van der Waals surface area contributed by atoms with Gasteiger partial charge >= 0.3 is 5.97 Å². The fraction of sp³-hybridized carbons (Fsp3) is 0.263. The highest BCUT2D eigenvalue weighted by Crippen LogP contribution is 2.36. The lowest BCUT2D eigenvalue weighted by molar-refractivity contribution is -0.121. The molecule has 0 spiro atoms. The number of hydrogen-bond acceptors (Lipinski definition) is 3. The zero-order valence-corrected chi connectivity index (χ0v) is 14.7. The predicted octanol–water partition coefficient (Wildman–Crippen LogP) is 4.20. The standard InChI is InChI=1S/C19H17ClFNO4/c1-10-2-4-12(9-14(10)19(24)25)22-18(23)13-6-7-26-17(13)11-3-5-15(20)16(21)8-11/h2-5,8-9,13,17H,6-7H2,1H3,(H,22,23)(H,24,25)/t13-,17+/m1/s1. The van der Waals surface area contributed by atoms with Crippen LogP contribution in [0.3, 0.4) is 0 Å². The molecule has 3 rings (SSSR count). The van der Waals surface area contributed by atoms with Crippen LogP contribution in [0.5, 0.6) is 0 Å². The van der Waals surface area contributed by atoms with Crippen LogP contribution in [0.25, 0.3) is 0 Å². The number of halogens is 2. The first kappa shape index (κ1) is 18.4. The van der Waals surface area contributed by atoms with E-state index in [-0.39, 0.29) is 16.5 Å². The van der Waals surface area contributed by atoms with Crippen molar-refractivity contribution in [3.63, 3.8) is 0 Å². The maximum absolute atomic E-state index is 13.7. The quantitative estimate of drug-likeness (QED) is 0.837. The van der Waals surface area contributed by atoms with E-state index in [1.807, 2.05) is 0 Å². The lowest BCUT2D eigenvalue weighted by Crippen LogP contribution is -2.25. The summed E-state index contributed by atoms with van der Waals surface area (Å²) >= 11 is 5.70. The molecular weight excluding hydrogens is 361 g/mol. The van der Waals surface area contributed by atoms with E-state index in [2.05, 4.69) is 5.32 Å². The van der Waals surface area contributed by atoms with Crippen molar-refractivity contribution in [1.82, 2.24) is 0 Å². The van der Waals surface area contributed by atoms with E-state index >= 15 is 0 Å². The third-order valence-electron chi connectivity index (χ3n) is 4.44. The first-order valence-corrected chi connectivity index (χ1v) is 8.46. The van der Waals surface area contributed by atoms with Crippen molar-refractivity contribution in [2.24, 2.45) is 5.92 Å². The van der Waals surface area contributed by atoms with Crippen LogP contribution in [0.4, 0.5) is 10.1 Å². The summed E-state index contributed by atoms with van der Waals surface area (Å²) in [5.41, 5.74) is 1.67. The van der Waals surface area contributed by atoms with Gasteiger partial charge in [0.25, 0.3) is 0 Å². The smallest absolute Gasteiger partial charge is 0.336 e. The normalized spacial score (nSPS) is 19.3. The molecule has 0 aliphatic carbocycles. The molecule has 1 fully saturated rings. The van der Waals surface area contributed by atoms with Gasteiger partial charge in [0.15, 0.2) is 0 Å². The number of benzene rings is 2. The Morgan fingerprint density at radius 3 is 2.73 bits per heavy atom. The highest BCUT2D eigenvalue weighted by atomic mass is 35.5. The van der Waals surface area contributed by atoms with Gasteiger partial charge < -0.3 is 15.2 Å². The maximum Gasteiger partial charge on any atom is 0.336 e. The van der Waals surface area contributed by atoms with Crippen molar-refractivity contribution < 1.29 is 23.8 Å². The second-order valence-electron chi connectivity index (χ2n) is 6.18. The second kappa shape index (κ2) is 7.43. The number of aryl methyl sites for hydroxylation is 1. The first-order chi connectivity index (χ1) is 12.4. The highest BCUT2D eigenvalue weighted by Gasteiger charge is 2.35. The molecule has 1 aliphatic rings. The molecule has 0 aromatic heterocycles. The molecule has 2 atom stereocenters. The third kappa shape index (κ3) is 3.71. The first-order valence-electron chi connectivity index (χ1n) is 8.08. The largest absolute Gasteiger partial charge is 0.478 e. The van der Waals surface area contributed by atoms with E-state index in [1.165, 1.54) is 18.2 Å². The molecule has 136 valence electrons. The van der Waals surface area contributed by atoms with E-state index in [1.54, 1.807) is 25.1 Å². The van der Waals surface area contributed by atoms with Gasteiger partial charge in [-0.3, -0.25) is 4.79 Å². The zero-order valence-electron chi connectivity index (χ0n) is 14.0. The Labute approximate surface area is 154 Å². The number of amides is 1. The van der Waals surface area contributed by atoms with Gasteiger partial charge in [-0.15, -0.1) is 0 Å². The van der Waals surface area contributed by atoms with Gasteiger partial charge in [-0.2, -0.15) is 0 Å². The summed E-state index contributed by atoms with van der Waals surface area (Å²) in [6, 6.07) is 9.04. The van der Waals surface area contributed by atoms with Crippen molar-refractivity contribution in [3.8, 4) is 0 Å². The van der Waals surface area contributed by atoms with E-state index in [0.29, 0.717) is 29.8 Å². The van der Waals surface area contributed by atoms with Gasteiger partial charge in [0, 0.05) is 12.3 Å². The van der Waals surface area contributed by atoms with Crippen LogP contribution >= 0.6 is 11.6 Å². The molecule has 5 nitrogen and oxygen atoms in total. The summed E-state index contributed by atoms with van der Waals surface area (Å²) in [4.78, 5) is 23.9. The summed E-state index contributed by atoms with van der Waals surface area (Å²) in [6.45, 7) is 2.06. The van der Waals surface area contributed by atoms with Crippen LogP contribution in [0.2, 0.25) is 5.02 Å². The molecule has 2 aromatic carbocycles. The Kier molecular flexibility index (Phi) is 5.25. The number of anilines is 1. The second-order valence-corrected chi connectivity index (χ2v) is 6.59. The molecule has 0 bridgehead atoms. The number of hydrogen-bond donors (Lipinski definition) is 2. The third-order valence-corrected chi connectivity index (χ3v) is 4.74. The topological polar surface area (TPSA) is 75.6 Å². The summed E-state index contributed by atoms with van der Waals surface area (Å²) in [5.74, 6) is -2.44. The highest BCUT2D eigenvalue weighted by molar-refractivity contribution is 6.30. The zero-order chi connectivity index (χ0) is 18.8. The van der Waals surface area contributed by atoms with Gasteiger partial charge in [0.05, 0.1) is 22.6 Å². The van der Waals surface area contributed by atoms with Crippen LogP contribution in [0.15, 0.2) is 36.4 Å². The Morgan fingerprint density at radius 2 is 2.04 bits per heavy atom. The molecule has 2 aromatic rings. The Balaban J connectivity index is 1.79. The van der Waals surface area contributed by atoms with Crippen molar-refractivity contribution >= 4 is 29.2 Å².